The molecule has 0 N–H and O–H groups in total. The molecule has 0 saturated carbocycles. The van der Waals surface area contributed by atoms with E-state index in [0.29, 0.717) is 19.0 Å². The topological polar surface area (TPSA) is 74.6 Å². The molecule has 0 amide bonds. The van der Waals surface area contributed by atoms with Gasteiger partial charge < -0.3 is 9.80 Å². The van der Waals surface area contributed by atoms with E-state index in [-0.39, 0.29) is 4.90 Å². The summed E-state index contributed by atoms with van der Waals surface area (Å²) in [5.74, 6) is 1.36. The van der Waals surface area contributed by atoms with Crippen molar-refractivity contribution in [2.75, 3.05) is 51.2 Å². The number of nitrogens with zero attached hydrogens (tertiary/aromatic N) is 6. The van der Waals surface area contributed by atoms with Gasteiger partial charge in [-0.15, -0.1) is 0 Å². The van der Waals surface area contributed by atoms with Crippen LogP contribution in [-0.4, -0.2) is 78.7 Å². The third kappa shape index (κ3) is 3.78. The zero-order valence-electron chi connectivity index (χ0n) is 16.5. The van der Waals surface area contributed by atoms with Crippen LogP contribution in [0.3, 0.4) is 0 Å². The highest BCUT2D eigenvalue weighted by molar-refractivity contribution is 7.89. The lowest BCUT2D eigenvalue weighted by Crippen LogP contribution is -2.47. The van der Waals surface area contributed by atoms with Crippen molar-refractivity contribution in [3.63, 3.8) is 0 Å². The lowest BCUT2D eigenvalue weighted by Gasteiger charge is -2.33. The number of pyridine rings is 1. The predicted octanol–water partition coefficient (Wildman–Crippen LogP) is 1.14. The van der Waals surface area contributed by atoms with E-state index in [2.05, 4.69) is 25.9 Å². The molecule has 0 spiro atoms. The van der Waals surface area contributed by atoms with Crippen molar-refractivity contribution in [2.45, 2.75) is 23.7 Å². The van der Waals surface area contributed by atoms with Crippen LogP contribution in [0.5, 0.6) is 0 Å². The van der Waals surface area contributed by atoms with Gasteiger partial charge in [-0.1, -0.05) is 0 Å². The van der Waals surface area contributed by atoms with Gasteiger partial charge in [0.15, 0.2) is 0 Å². The highest BCUT2D eigenvalue weighted by atomic mass is 32.2. The number of piperidine rings is 1. The Kier molecular flexibility index (Phi) is 5.39. The van der Waals surface area contributed by atoms with Gasteiger partial charge in [0, 0.05) is 70.3 Å². The van der Waals surface area contributed by atoms with Gasteiger partial charge in [-0.25, -0.2) is 13.4 Å². The van der Waals surface area contributed by atoms with Crippen LogP contribution in [0.25, 0.3) is 0 Å². The third-order valence-electron chi connectivity index (χ3n) is 5.92. The van der Waals surface area contributed by atoms with E-state index in [1.54, 1.807) is 10.4 Å². The minimum atomic E-state index is -3.46. The van der Waals surface area contributed by atoms with Crippen molar-refractivity contribution in [2.24, 2.45) is 7.05 Å². The average Bonchev–Trinajstić information content (AvgIpc) is 3.14. The smallest absolute Gasteiger partial charge is 0.244 e. The number of hydrogen-bond acceptors (Lipinski definition) is 6. The van der Waals surface area contributed by atoms with Crippen LogP contribution >= 0.6 is 0 Å². The largest absolute Gasteiger partial charge is 0.357 e. The molecule has 2 aromatic heterocycles. The number of sulfonamides is 1. The summed E-state index contributed by atoms with van der Waals surface area (Å²) >= 11 is 0. The molecule has 0 radical (unpaired) electrons. The molecule has 4 rings (SSSR count). The first-order valence-corrected chi connectivity index (χ1v) is 11.3. The fraction of sp³-hybridized carbons (Fsp3) is 0.579. The molecule has 4 heterocycles. The van der Waals surface area contributed by atoms with Gasteiger partial charge in [-0.2, -0.15) is 9.40 Å². The Morgan fingerprint density at radius 2 is 1.68 bits per heavy atom. The lowest BCUT2D eigenvalue weighted by atomic mass is 9.93. The first-order valence-electron chi connectivity index (χ1n) is 9.83. The summed E-state index contributed by atoms with van der Waals surface area (Å²) < 4.78 is 29.2. The number of piperazine rings is 1. The quantitative estimate of drug-likeness (QED) is 0.761. The second kappa shape index (κ2) is 7.81. The number of aryl methyl sites for hydroxylation is 1. The Hall–Kier alpha value is -1.97. The molecule has 2 fully saturated rings. The van der Waals surface area contributed by atoms with Gasteiger partial charge in [0.05, 0.1) is 0 Å². The maximum absolute atomic E-state index is 12.8. The molecule has 2 aliphatic rings. The summed E-state index contributed by atoms with van der Waals surface area (Å²) in [6.45, 7) is 4.40. The van der Waals surface area contributed by atoms with E-state index in [0.717, 1.165) is 44.8 Å². The molecular weight excluding hydrogens is 376 g/mol. The molecule has 2 aromatic rings. The van der Waals surface area contributed by atoms with E-state index in [1.165, 1.54) is 11.9 Å². The fourth-order valence-corrected chi connectivity index (χ4v) is 5.45. The van der Waals surface area contributed by atoms with Crippen molar-refractivity contribution in [1.29, 1.82) is 0 Å². The summed E-state index contributed by atoms with van der Waals surface area (Å²) in [6.07, 6.45) is 5.45. The first-order chi connectivity index (χ1) is 13.4. The van der Waals surface area contributed by atoms with Crippen molar-refractivity contribution in [3.05, 3.63) is 36.3 Å². The Balaban J connectivity index is 1.40. The molecule has 0 unspecified atom stereocenters. The Labute approximate surface area is 166 Å². The van der Waals surface area contributed by atoms with Crippen molar-refractivity contribution >= 4 is 15.8 Å². The molecule has 0 bridgehead atoms. The summed E-state index contributed by atoms with van der Waals surface area (Å²) in [7, 11) is 0.540. The van der Waals surface area contributed by atoms with Crippen LogP contribution in [0.1, 0.15) is 24.5 Å². The van der Waals surface area contributed by atoms with Crippen LogP contribution in [0, 0.1) is 0 Å². The standard InChI is InChI=1S/C19H28N6O2S/c1-22-11-13-25(14-12-22)28(26,27)17-3-4-19(20-15-17)24-9-6-16(7-10-24)18-5-8-21-23(18)2/h3-5,8,15-16H,6-7,9-14H2,1-2H3. The fourth-order valence-electron chi connectivity index (χ4n) is 4.08. The van der Waals surface area contributed by atoms with Crippen LogP contribution in [0.15, 0.2) is 35.5 Å². The lowest BCUT2D eigenvalue weighted by molar-refractivity contribution is 0.222. The Morgan fingerprint density at radius 1 is 0.964 bits per heavy atom. The van der Waals surface area contributed by atoms with Crippen LogP contribution in [0.4, 0.5) is 5.82 Å². The molecule has 8 nitrogen and oxygen atoms in total. The number of aromatic nitrogens is 3. The maximum Gasteiger partial charge on any atom is 0.244 e. The Bertz CT molecular complexity index is 895. The van der Waals surface area contributed by atoms with Crippen LogP contribution in [0.2, 0.25) is 0 Å². The SMILES string of the molecule is CN1CCN(S(=O)(=O)c2ccc(N3CCC(c4ccnn4C)CC3)nc2)CC1. The molecule has 28 heavy (non-hydrogen) atoms. The van der Waals surface area contributed by atoms with Crippen LogP contribution < -0.4 is 4.90 Å². The maximum atomic E-state index is 12.8. The second-order valence-electron chi connectivity index (χ2n) is 7.70. The molecule has 152 valence electrons. The Morgan fingerprint density at radius 3 is 2.25 bits per heavy atom. The highest BCUT2D eigenvalue weighted by Crippen LogP contribution is 2.29. The van der Waals surface area contributed by atoms with E-state index < -0.39 is 10.0 Å². The molecule has 2 aliphatic heterocycles. The molecule has 2 saturated heterocycles. The summed E-state index contributed by atoms with van der Waals surface area (Å²) in [5.41, 5.74) is 1.28. The van der Waals surface area contributed by atoms with E-state index in [9.17, 15) is 8.42 Å². The van der Waals surface area contributed by atoms with E-state index in [4.69, 9.17) is 0 Å². The first kappa shape index (κ1) is 19.4. The molecular formula is C19H28N6O2S. The van der Waals surface area contributed by atoms with Crippen molar-refractivity contribution in [1.82, 2.24) is 24.0 Å². The highest BCUT2D eigenvalue weighted by Gasteiger charge is 2.28. The second-order valence-corrected chi connectivity index (χ2v) is 9.64. The van der Waals surface area contributed by atoms with Crippen molar-refractivity contribution in [3.8, 4) is 0 Å². The minimum Gasteiger partial charge on any atom is -0.357 e. The van der Waals surface area contributed by atoms with Gasteiger partial charge in [0.25, 0.3) is 0 Å². The molecule has 0 aliphatic carbocycles. The van der Waals surface area contributed by atoms with Crippen LogP contribution in [-0.2, 0) is 17.1 Å². The number of likely N-dealkylation sites (N-methyl/N-ethyl adjacent to an activating group) is 1. The molecule has 0 aromatic carbocycles. The number of hydrogen-bond donors (Lipinski definition) is 0. The average molecular weight is 405 g/mol. The summed E-state index contributed by atoms with van der Waals surface area (Å²) in [4.78, 5) is 9.14. The predicted molar refractivity (Wildman–Crippen MR) is 108 cm³/mol. The zero-order chi connectivity index (χ0) is 19.7. The summed E-state index contributed by atoms with van der Waals surface area (Å²) in [6, 6.07) is 5.63. The number of anilines is 1. The number of rotatable bonds is 4. The zero-order valence-corrected chi connectivity index (χ0v) is 17.3. The van der Waals surface area contributed by atoms with Gasteiger partial charge >= 0.3 is 0 Å². The normalized spacial score (nSPS) is 20.6. The van der Waals surface area contributed by atoms with Gasteiger partial charge in [-0.05, 0) is 38.1 Å². The van der Waals surface area contributed by atoms with Gasteiger partial charge in [0.1, 0.15) is 10.7 Å². The van der Waals surface area contributed by atoms with Crippen molar-refractivity contribution < 1.29 is 8.42 Å². The molecule has 0 atom stereocenters. The molecule has 9 heteroatoms. The minimum absolute atomic E-state index is 0.283. The van der Waals surface area contributed by atoms with E-state index in [1.807, 2.05) is 31.0 Å². The van der Waals surface area contributed by atoms with E-state index >= 15 is 0 Å². The summed E-state index contributed by atoms with van der Waals surface area (Å²) in [5, 5.41) is 4.27. The van der Waals surface area contributed by atoms with Gasteiger partial charge in [-0.3, -0.25) is 4.68 Å². The monoisotopic (exact) mass is 404 g/mol. The van der Waals surface area contributed by atoms with Gasteiger partial charge in [0.2, 0.25) is 10.0 Å². The third-order valence-corrected chi connectivity index (χ3v) is 7.80.